The smallest absolute Gasteiger partial charge is 0.0184 e. The minimum Gasteiger partial charge on any atom is -0.0622 e. The molecule has 2 aromatic rings. The molecule has 0 saturated heterocycles. The predicted octanol–water partition coefficient (Wildman–Crippen LogP) is 15.5. The Morgan fingerprint density at radius 2 is 0.500 bits per heavy atom. The van der Waals surface area contributed by atoms with Crippen LogP contribution in [0.5, 0.6) is 0 Å². The van der Waals surface area contributed by atoms with Gasteiger partial charge in [-0.3, -0.25) is 0 Å². The van der Waals surface area contributed by atoms with Crippen molar-refractivity contribution in [1.29, 1.82) is 0 Å². The summed E-state index contributed by atoms with van der Waals surface area (Å²) in [6.45, 7) is 6.60. The van der Waals surface area contributed by atoms with E-state index in [0.717, 1.165) is 13.2 Å². The van der Waals surface area contributed by atoms with Crippen LogP contribution in [0.15, 0.2) is 60.7 Å². The first-order chi connectivity index (χ1) is 23.4. The largest absolute Gasteiger partial charge is 0.0622 e. The van der Waals surface area contributed by atoms with Gasteiger partial charge in [-0.1, -0.05) is 254 Å². The Kier molecular flexibility index (Phi) is 40.3. The molecule has 0 spiro atoms. The van der Waals surface area contributed by atoms with Gasteiger partial charge in [0.2, 0.25) is 0 Å². The maximum absolute atomic E-state index is 5.86. The van der Waals surface area contributed by atoms with Crippen LogP contribution >= 0.6 is 0 Å². The van der Waals surface area contributed by atoms with Crippen LogP contribution in [-0.4, -0.2) is 42.8 Å². The van der Waals surface area contributed by atoms with E-state index in [1.807, 2.05) is 12.1 Å². The van der Waals surface area contributed by atoms with E-state index in [9.17, 15) is 0 Å². The Hall–Kier alpha value is -0.600. The quantitative estimate of drug-likeness (QED) is 0.0542. The molecule has 0 amide bonds. The van der Waals surface area contributed by atoms with Crippen LogP contribution in [-0.2, 0) is 4.74 Å². The van der Waals surface area contributed by atoms with Gasteiger partial charge >= 0.3 is 29.6 Å². The topological polar surface area (TPSA) is 9.23 Å². The average Bonchev–Trinajstić information content (AvgIpc) is 3.11. The minimum atomic E-state index is 0. The normalized spacial score (nSPS) is 10.8. The molecule has 0 radical (unpaired) electrons. The van der Waals surface area contributed by atoms with Crippen LogP contribution in [0.3, 0.4) is 0 Å². The number of hydrogen-bond donors (Lipinski definition) is 0. The summed E-state index contributed by atoms with van der Waals surface area (Å²) < 4.78 is 5.86. The Morgan fingerprint density at radius 3 is 0.729 bits per heavy atom. The molecule has 0 aliphatic carbocycles. The molecule has 0 unspecified atom stereocenters. The summed E-state index contributed by atoms with van der Waals surface area (Å²) in [6, 6.07) is 20.8. The standard InChI is InChI=1S/C34H70O.C12H10.Na.H/c1-3-5-7-9-11-13-15-17-19-21-23-25-27-29-31-33-35-34-32-30-28-26-24-22-20-18-16-14-12-10-8-6-4-2;1-3-7-11(8-4-1)12-9-5-2-6-10-12;;/h3-34H2,1-2H3;1-10H;;. The second-order valence-corrected chi connectivity index (χ2v) is 14.2. The van der Waals surface area contributed by atoms with E-state index in [1.165, 1.54) is 204 Å². The zero-order valence-corrected chi connectivity index (χ0v) is 31.8. The van der Waals surface area contributed by atoms with E-state index < -0.39 is 0 Å². The molecule has 0 fully saturated rings. The van der Waals surface area contributed by atoms with Gasteiger partial charge in [0.25, 0.3) is 0 Å². The molecule has 48 heavy (non-hydrogen) atoms. The van der Waals surface area contributed by atoms with Crippen LogP contribution in [0.25, 0.3) is 11.1 Å². The zero-order valence-electron chi connectivity index (χ0n) is 31.8. The summed E-state index contributed by atoms with van der Waals surface area (Å²) in [5.74, 6) is 0. The summed E-state index contributed by atoms with van der Waals surface area (Å²) in [5.41, 5.74) is 2.55. The molecular weight excluding hydrogens is 591 g/mol. The Balaban J connectivity index is 0.00000140. The van der Waals surface area contributed by atoms with Crippen molar-refractivity contribution in [2.75, 3.05) is 13.2 Å². The monoisotopic (exact) mass is 673 g/mol. The minimum absolute atomic E-state index is 0. The Bertz CT molecular complexity index is 753. The molecule has 0 bridgehead atoms. The van der Waals surface area contributed by atoms with Gasteiger partial charge in [-0.2, -0.15) is 0 Å². The summed E-state index contributed by atoms with van der Waals surface area (Å²) in [4.78, 5) is 0. The van der Waals surface area contributed by atoms with E-state index in [1.54, 1.807) is 0 Å². The number of ether oxygens (including phenoxy) is 1. The Morgan fingerprint density at radius 1 is 0.292 bits per heavy atom. The summed E-state index contributed by atoms with van der Waals surface area (Å²) in [6.07, 6.45) is 43.0. The van der Waals surface area contributed by atoms with Crippen LogP contribution in [0.1, 0.15) is 206 Å². The van der Waals surface area contributed by atoms with Crippen molar-refractivity contribution < 1.29 is 4.74 Å². The van der Waals surface area contributed by atoms with Crippen molar-refractivity contribution in [3.63, 3.8) is 0 Å². The SMILES string of the molecule is CCCCCCCCCCCCCCCCCOCCCCCCCCCCCCCCCCC.[NaH].c1ccc(-c2ccccc2)cc1. The fourth-order valence-electron chi connectivity index (χ4n) is 6.51. The number of rotatable bonds is 33. The second kappa shape index (κ2) is 40.8. The van der Waals surface area contributed by atoms with Crippen LogP contribution in [0.2, 0.25) is 0 Å². The van der Waals surface area contributed by atoms with Crippen molar-refractivity contribution in [3.05, 3.63) is 60.7 Å². The summed E-state index contributed by atoms with van der Waals surface area (Å²) in [7, 11) is 0. The van der Waals surface area contributed by atoms with E-state index >= 15 is 0 Å². The van der Waals surface area contributed by atoms with E-state index in [-0.39, 0.29) is 29.6 Å². The third kappa shape index (κ3) is 33.9. The maximum atomic E-state index is 5.86. The number of unbranched alkanes of at least 4 members (excludes halogenated alkanes) is 28. The molecule has 0 aliphatic rings. The van der Waals surface area contributed by atoms with Gasteiger partial charge in [0, 0.05) is 13.2 Å². The molecular formula is C46H81NaO. The fourth-order valence-corrected chi connectivity index (χ4v) is 6.51. The fraction of sp³-hybridized carbons (Fsp3) is 0.739. The summed E-state index contributed by atoms with van der Waals surface area (Å²) in [5, 5.41) is 0. The van der Waals surface area contributed by atoms with Gasteiger partial charge < -0.3 is 4.74 Å². The van der Waals surface area contributed by atoms with E-state index in [4.69, 9.17) is 4.74 Å². The van der Waals surface area contributed by atoms with Gasteiger partial charge in [-0.15, -0.1) is 0 Å². The first-order valence-electron chi connectivity index (χ1n) is 21.1. The van der Waals surface area contributed by atoms with Crippen LogP contribution < -0.4 is 0 Å². The van der Waals surface area contributed by atoms with Crippen LogP contribution in [0, 0.1) is 0 Å². The van der Waals surface area contributed by atoms with Gasteiger partial charge in [0.15, 0.2) is 0 Å². The number of benzene rings is 2. The van der Waals surface area contributed by atoms with Crippen molar-refractivity contribution in [2.24, 2.45) is 0 Å². The molecule has 0 aliphatic heterocycles. The van der Waals surface area contributed by atoms with Crippen molar-refractivity contribution in [3.8, 4) is 11.1 Å². The summed E-state index contributed by atoms with van der Waals surface area (Å²) >= 11 is 0. The molecule has 0 atom stereocenters. The van der Waals surface area contributed by atoms with Gasteiger partial charge in [-0.25, -0.2) is 0 Å². The van der Waals surface area contributed by atoms with E-state index in [0.29, 0.717) is 0 Å². The molecule has 0 heterocycles. The zero-order chi connectivity index (χ0) is 33.6. The molecule has 0 saturated carbocycles. The third-order valence-electron chi connectivity index (χ3n) is 9.67. The molecule has 0 aromatic heterocycles. The van der Waals surface area contributed by atoms with Gasteiger partial charge in [-0.05, 0) is 24.0 Å². The predicted molar refractivity (Wildman–Crippen MR) is 220 cm³/mol. The van der Waals surface area contributed by atoms with Gasteiger partial charge in [0.05, 0.1) is 0 Å². The van der Waals surface area contributed by atoms with Crippen molar-refractivity contribution in [1.82, 2.24) is 0 Å². The second-order valence-electron chi connectivity index (χ2n) is 14.2. The molecule has 2 aromatic carbocycles. The van der Waals surface area contributed by atoms with Crippen LogP contribution in [0.4, 0.5) is 0 Å². The first kappa shape index (κ1) is 47.4. The molecule has 1 nitrogen and oxygen atoms in total. The average molecular weight is 673 g/mol. The van der Waals surface area contributed by atoms with Crippen molar-refractivity contribution >= 4 is 29.6 Å². The maximum Gasteiger partial charge on any atom is -0.0184 e. The molecule has 2 heteroatoms. The van der Waals surface area contributed by atoms with Gasteiger partial charge in [0.1, 0.15) is 0 Å². The number of hydrogen-bond acceptors (Lipinski definition) is 1. The van der Waals surface area contributed by atoms with E-state index in [2.05, 4.69) is 62.4 Å². The third-order valence-corrected chi connectivity index (χ3v) is 9.67. The Labute approximate surface area is 323 Å². The van der Waals surface area contributed by atoms with Crippen molar-refractivity contribution in [2.45, 2.75) is 206 Å². The molecule has 2 rings (SSSR count). The molecule has 0 N–H and O–H groups in total. The first-order valence-corrected chi connectivity index (χ1v) is 21.1. The molecule has 272 valence electrons.